The average Bonchev–Trinajstić information content (AvgIpc) is 2.67. The van der Waals surface area contributed by atoms with Gasteiger partial charge in [-0.3, -0.25) is 4.90 Å². The van der Waals surface area contributed by atoms with Crippen molar-refractivity contribution in [1.82, 2.24) is 15.1 Å². The van der Waals surface area contributed by atoms with Crippen molar-refractivity contribution < 1.29 is 0 Å². The Balaban J connectivity index is 1.59. The largest absolute Gasteiger partial charge is 0.315 e. The third-order valence-corrected chi connectivity index (χ3v) is 4.35. The van der Waals surface area contributed by atoms with Crippen LogP contribution in [0, 0.1) is 5.41 Å². The van der Waals surface area contributed by atoms with Crippen molar-refractivity contribution in [2.75, 3.05) is 46.3 Å². The van der Waals surface area contributed by atoms with Crippen molar-refractivity contribution in [1.29, 1.82) is 0 Å². The molecule has 3 nitrogen and oxygen atoms in total. The number of likely N-dealkylation sites (N-methyl/N-ethyl adjacent to an activating group) is 1. The van der Waals surface area contributed by atoms with Crippen molar-refractivity contribution in [2.45, 2.75) is 18.9 Å². The second-order valence-electron chi connectivity index (χ2n) is 5.53. The number of nitrogens with one attached hydrogen (secondary N) is 1. The summed E-state index contributed by atoms with van der Waals surface area (Å²) in [7, 11) is 2.25. The van der Waals surface area contributed by atoms with Gasteiger partial charge in [-0.1, -0.05) is 0 Å². The normalized spacial score (nSPS) is 37.9. The summed E-state index contributed by atoms with van der Waals surface area (Å²) in [6, 6.07) is 0.861. The van der Waals surface area contributed by atoms with Crippen LogP contribution in [0.15, 0.2) is 0 Å². The summed E-state index contributed by atoms with van der Waals surface area (Å²) < 4.78 is 0. The molecule has 3 heteroatoms. The summed E-state index contributed by atoms with van der Waals surface area (Å²) in [5, 5.41) is 3.43. The summed E-state index contributed by atoms with van der Waals surface area (Å²) in [5.41, 5.74) is 0.682. The fraction of sp³-hybridized carbons (Fsp3) is 1.00. The number of likely N-dealkylation sites (tertiary alicyclic amines) is 2. The Morgan fingerprint density at radius 1 is 1.29 bits per heavy atom. The van der Waals surface area contributed by atoms with Gasteiger partial charge in [-0.25, -0.2) is 0 Å². The zero-order valence-electron chi connectivity index (χ0n) is 9.13. The lowest BCUT2D eigenvalue weighted by Crippen LogP contribution is -2.55. The van der Waals surface area contributed by atoms with Crippen LogP contribution in [0.3, 0.4) is 0 Å². The van der Waals surface area contributed by atoms with E-state index in [0.717, 1.165) is 6.04 Å². The van der Waals surface area contributed by atoms with E-state index in [1.165, 1.54) is 52.1 Å². The maximum absolute atomic E-state index is 3.43. The lowest BCUT2D eigenvalue weighted by Gasteiger charge is -2.39. The minimum absolute atomic E-state index is 0.682. The molecule has 0 saturated carbocycles. The first-order valence-corrected chi connectivity index (χ1v) is 5.91. The minimum Gasteiger partial charge on any atom is -0.315 e. The second kappa shape index (κ2) is 3.19. The zero-order chi connectivity index (χ0) is 9.60. The van der Waals surface area contributed by atoms with Crippen molar-refractivity contribution in [3.63, 3.8) is 0 Å². The van der Waals surface area contributed by atoms with Crippen LogP contribution in [-0.4, -0.2) is 62.2 Å². The van der Waals surface area contributed by atoms with Crippen molar-refractivity contribution in [3.8, 4) is 0 Å². The van der Waals surface area contributed by atoms with Gasteiger partial charge in [0.05, 0.1) is 0 Å². The molecule has 3 rings (SSSR count). The average molecular weight is 195 g/mol. The first-order chi connectivity index (χ1) is 6.77. The number of hydrogen-bond donors (Lipinski definition) is 1. The van der Waals surface area contributed by atoms with Gasteiger partial charge in [0.25, 0.3) is 0 Å². The molecule has 3 saturated heterocycles. The Morgan fingerprint density at radius 3 is 2.64 bits per heavy atom. The van der Waals surface area contributed by atoms with Gasteiger partial charge >= 0.3 is 0 Å². The van der Waals surface area contributed by atoms with Crippen LogP contribution < -0.4 is 5.32 Å². The summed E-state index contributed by atoms with van der Waals surface area (Å²) in [4.78, 5) is 5.21. The molecule has 0 aromatic rings. The van der Waals surface area contributed by atoms with Crippen LogP contribution >= 0.6 is 0 Å². The molecule has 14 heavy (non-hydrogen) atoms. The predicted octanol–water partition coefficient (Wildman–Crippen LogP) is -0.0142. The molecule has 1 unspecified atom stereocenters. The standard InChI is InChI=1S/C11H21N3/c1-13-4-2-10(6-13)14-5-3-11(9-14)7-12-8-11/h10,12H,2-9H2,1H3. The fourth-order valence-electron chi connectivity index (χ4n) is 3.26. The van der Waals surface area contributed by atoms with E-state index in [0.29, 0.717) is 5.41 Å². The van der Waals surface area contributed by atoms with Gasteiger partial charge in [-0.05, 0) is 33.0 Å². The predicted molar refractivity (Wildman–Crippen MR) is 57.4 cm³/mol. The Bertz CT molecular complexity index is 225. The summed E-state index contributed by atoms with van der Waals surface area (Å²) in [5.74, 6) is 0. The summed E-state index contributed by atoms with van der Waals surface area (Å²) in [6.45, 7) is 7.84. The zero-order valence-corrected chi connectivity index (χ0v) is 9.13. The van der Waals surface area contributed by atoms with E-state index in [-0.39, 0.29) is 0 Å². The molecule has 1 atom stereocenters. The lowest BCUT2D eigenvalue weighted by molar-refractivity contribution is 0.150. The molecule has 1 N–H and O–H groups in total. The van der Waals surface area contributed by atoms with Crippen LogP contribution in [0.1, 0.15) is 12.8 Å². The monoisotopic (exact) mass is 195 g/mol. The second-order valence-corrected chi connectivity index (χ2v) is 5.53. The van der Waals surface area contributed by atoms with E-state index < -0.39 is 0 Å². The molecule has 0 aromatic carbocycles. The summed E-state index contributed by atoms with van der Waals surface area (Å²) in [6.07, 6.45) is 2.82. The van der Waals surface area contributed by atoms with E-state index in [1.807, 2.05) is 0 Å². The van der Waals surface area contributed by atoms with Crippen LogP contribution in [-0.2, 0) is 0 Å². The minimum atomic E-state index is 0.682. The Hall–Kier alpha value is -0.120. The Morgan fingerprint density at radius 2 is 2.14 bits per heavy atom. The third-order valence-electron chi connectivity index (χ3n) is 4.35. The Kier molecular flexibility index (Phi) is 2.08. The molecule has 0 amide bonds. The van der Waals surface area contributed by atoms with Gasteiger partial charge < -0.3 is 10.2 Å². The SMILES string of the molecule is CN1CCC(N2CCC3(CNC3)C2)C1. The molecule has 0 bridgehead atoms. The summed E-state index contributed by atoms with van der Waals surface area (Å²) >= 11 is 0. The van der Waals surface area contributed by atoms with E-state index in [2.05, 4.69) is 22.2 Å². The van der Waals surface area contributed by atoms with Crippen molar-refractivity contribution in [3.05, 3.63) is 0 Å². The van der Waals surface area contributed by atoms with E-state index in [1.54, 1.807) is 0 Å². The van der Waals surface area contributed by atoms with Gasteiger partial charge in [0.1, 0.15) is 0 Å². The van der Waals surface area contributed by atoms with E-state index >= 15 is 0 Å². The highest BCUT2D eigenvalue weighted by atomic mass is 15.3. The molecule has 3 fully saturated rings. The van der Waals surface area contributed by atoms with Gasteiger partial charge in [0.15, 0.2) is 0 Å². The van der Waals surface area contributed by atoms with Crippen LogP contribution in [0.5, 0.6) is 0 Å². The maximum Gasteiger partial charge on any atom is 0.0235 e. The van der Waals surface area contributed by atoms with Gasteiger partial charge in [0.2, 0.25) is 0 Å². The lowest BCUT2D eigenvalue weighted by atomic mass is 9.81. The highest BCUT2D eigenvalue weighted by molar-refractivity contribution is 5.01. The van der Waals surface area contributed by atoms with Gasteiger partial charge in [-0.2, -0.15) is 0 Å². The van der Waals surface area contributed by atoms with Crippen LogP contribution in [0.2, 0.25) is 0 Å². The first-order valence-electron chi connectivity index (χ1n) is 5.91. The molecule has 3 heterocycles. The molecule has 3 aliphatic heterocycles. The van der Waals surface area contributed by atoms with Crippen LogP contribution in [0.25, 0.3) is 0 Å². The highest BCUT2D eigenvalue weighted by Gasteiger charge is 2.45. The number of hydrogen-bond acceptors (Lipinski definition) is 3. The molecule has 1 spiro atoms. The first kappa shape index (κ1) is 9.13. The molecule has 0 aliphatic carbocycles. The smallest absolute Gasteiger partial charge is 0.0235 e. The molecule has 3 aliphatic rings. The van der Waals surface area contributed by atoms with Gasteiger partial charge in [0, 0.05) is 37.6 Å². The molecular weight excluding hydrogens is 174 g/mol. The molecule has 0 aromatic heterocycles. The molecular formula is C11H21N3. The molecule has 80 valence electrons. The third kappa shape index (κ3) is 1.38. The molecule has 0 radical (unpaired) electrons. The fourth-order valence-corrected chi connectivity index (χ4v) is 3.26. The number of nitrogens with zero attached hydrogens (tertiary/aromatic N) is 2. The van der Waals surface area contributed by atoms with Gasteiger partial charge in [-0.15, -0.1) is 0 Å². The van der Waals surface area contributed by atoms with Crippen molar-refractivity contribution >= 4 is 0 Å². The Labute approximate surface area is 86.4 Å². The van der Waals surface area contributed by atoms with E-state index in [4.69, 9.17) is 0 Å². The number of rotatable bonds is 1. The maximum atomic E-state index is 3.43. The highest BCUT2D eigenvalue weighted by Crippen LogP contribution is 2.36. The van der Waals surface area contributed by atoms with E-state index in [9.17, 15) is 0 Å². The van der Waals surface area contributed by atoms with Crippen LogP contribution in [0.4, 0.5) is 0 Å². The quantitative estimate of drug-likeness (QED) is 0.635. The topological polar surface area (TPSA) is 18.5 Å². The van der Waals surface area contributed by atoms with Crippen molar-refractivity contribution in [2.24, 2.45) is 5.41 Å².